The molecule has 21 heavy (non-hydrogen) atoms. The van der Waals surface area contributed by atoms with Gasteiger partial charge in [0.2, 0.25) is 0 Å². The molecule has 2 heterocycles. The lowest BCUT2D eigenvalue weighted by molar-refractivity contribution is -0.137. The maximum atomic E-state index is 12.8. The zero-order valence-corrected chi connectivity index (χ0v) is 11.5. The molecule has 2 aromatic heterocycles. The average Bonchev–Trinajstić information content (AvgIpc) is 2.91. The SMILES string of the molecule is CCNc1cc(C(F)(F)F)cc(NCCn2cccn2)n1. The molecule has 0 saturated heterocycles. The maximum Gasteiger partial charge on any atom is 0.416 e. The Bertz CT molecular complexity index is 566. The molecule has 0 radical (unpaired) electrons. The van der Waals surface area contributed by atoms with Crippen LogP contribution in [0, 0.1) is 0 Å². The predicted octanol–water partition coefficient (Wildman–Crippen LogP) is 2.84. The van der Waals surface area contributed by atoms with Crippen LogP contribution in [0.3, 0.4) is 0 Å². The lowest BCUT2D eigenvalue weighted by Gasteiger charge is -2.13. The summed E-state index contributed by atoms with van der Waals surface area (Å²) in [6.45, 7) is 3.27. The molecule has 0 aliphatic rings. The van der Waals surface area contributed by atoms with Crippen molar-refractivity contribution in [1.29, 1.82) is 0 Å². The smallest absolute Gasteiger partial charge is 0.370 e. The van der Waals surface area contributed by atoms with E-state index in [-0.39, 0.29) is 11.6 Å². The van der Waals surface area contributed by atoms with Crippen molar-refractivity contribution in [3.63, 3.8) is 0 Å². The number of rotatable bonds is 6. The van der Waals surface area contributed by atoms with Gasteiger partial charge in [0.05, 0.1) is 12.1 Å². The number of anilines is 2. The number of pyridine rings is 1. The molecule has 2 rings (SSSR count). The lowest BCUT2D eigenvalue weighted by Crippen LogP contribution is -2.14. The second kappa shape index (κ2) is 6.47. The van der Waals surface area contributed by atoms with Crippen LogP contribution in [0.15, 0.2) is 30.6 Å². The molecule has 2 aromatic rings. The van der Waals surface area contributed by atoms with Crippen molar-refractivity contribution in [2.75, 3.05) is 23.7 Å². The van der Waals surface area contributed by atoms with Crippen molar-refractivity contribution in [1.82, 2.24) is 14.8 Å². The summed E-state index contributed by atoms with van der Waals surface area (Å²) in [5.41, 5.74) is -0.727. The van der Waals surface area contributed by atoms with Crippen LogP contribution in [-0.4, -0.2) is 27.9 Å². The van der Waals surface area contributed by atoms with Crippen LogP contribution in [0.1, 0.15) is 12.5 Å². The second-order valence-corrected chi connectivity index (χ2v) is 4.35. The van der Waals surface area contributed by atoms with Gasteiger partial charge in [0.1, 0.15) is 11.6 Å². The number of aromatic nitrogens is 3. The van der Waals surface area contributed by atoms with E-state index in [1.54, 1.807) is 30.1 Å². The Morgan fingerprint density at radius 3 is 2.48 bits per heavy atom. The van der Waals surface area contributed by atoms with Gasteiger partial charge in [0.25, 0.3) is 0 Å². The fourth-order valence-electron chi connectivity index (χ4n) is 1.79. The van der Waals surface area contributed by atoms with Gasteiger partial charge in [-0.05, 0) is 25.1 Å². The first-order chi connectivity index (χ1) is 9.99. The first-order valence-corrected chi connectivity index (χ1v) is 6.53. The van der Waals surface area contributed by atoms with E-state index in [2.05, 4.69) is 20.7 Å². The molecule has 5 nitrogen and oxygen atoms in total. The fraction of sp³-hybridized carbons (Fsp3) is 0.385. The topological polar surface area (TPSA) is 54.8 Å². The number of hydrogen-bond donors (Lipinski definition) is 2. The van der Waals surface area contributed by atoms with Crippen LogP contribution < -0.4 is 10.6 Å². The molecule has 0 aliphatic carbocycles. The maximum absolute atomic E-state index is 12.8. The number of halogens is 3. The monoisotopic (exact) mass is 299 g/mol. The highest BCUT2D eigenvalue weighted by Crippen LogP contribution is 2.31. The minimum absolute atomic E-state index is 0.188. The normalized spacial score (nSPS) is 11.4. The minimum atomic E-state index is -4.40. The lowest BCUT2D eigenvalue weighted by atomic mass is 10.2. The van der Waals surface area contributed by atoms with Crippen LogP contribution in [0.25, 0.3) is 0 Å². The first-order valence-electron chi connectivity index (χ1n) is 6.53. The van der Waals surface area contributed by atoms with E-state index in [9.17, 15) is 13.2 Å². The standard InChI is InChI=1S/C13H16F3N5/c1-2-17-11-8-10(13(14,15)16)9-12(20-11)18-5-7-21-6-3-4-19-21/h3-4,6,8-9H,2,5,7H2,1H3,(H2,17,18,20). The van der Waals surface area contributed by atoms with Gasteiger partial charge in [-0.15, -0.1) is 0 Å². The Kier molecular flexibility index (Phi) is 4.66. The summed E-state index contributed by atoms with van der Waals surface area (Å²) in [5, 5.41) is 9.69. The summed E-state index contributed by atoms with van der Waals surface area (Å²) in [6, 6.07) is 3.79. The van der Waals surface area contributed by atoms with E-state index in [0.29, 0.717) is 19.6 Å². The van der Waals surface area contributed by atoms with Gasteiger partial charge in [0, 0.05) is 25.5 Å². The molecule has 0 unspecified atom stereocenters. The molecule has 0 aliphatic heterocycles. The van der Waals surface area contributed by atoms with Gasteiger partial charge in [-0.3, -0.25) is 4.68 Å². The Balaban J connectivity index is 2.08. The Hall–Kier alpha value is -2.25. The molecule has 8 heteroatoms. The highest BCUT2D eigenvalue weighted by Gasteiger charge is 2.31. The summed E-state index contributed by atoms with van der Waals surface area (Å²) < 4.78 is 40.2. The van der Waals surface area contributed by atoms with Gasteiger partial charge in [-0.25, -0.2) is 4.98 Å². The van der Waals surface area contributed by atoms with Crippen LogP contribution in [-0.2, 0) is 12.7 Å². The van der Waals surface area contributed by atoms with E-state index in [4.69, 9.17) is 0 Å². The number of nitrogens with one attached hydrogen (secondary N) is 2. The third-order valence-corrected chi connectivity index (χ3v) is 2.72. The fourth-order valence-corrected chi connectivity index (χ4v) is 1.79. The van der Waals surface area contributed by atoms with E-state index in [1.807, 2.05) is 0 Å². The van der Waals surface area contributed by atoms with E-state index < -0.39 is 11.7 Å². The van der Waals surface area contributed by atoms with Crippen LogP contribution >= 0.6 is 0 Å². The van der Waals surface area contributed by atoms with Crippen molar-refractivity contribution in [3.05, 3.63) is 36.2 Å². The Labute approximate surface area is 120 Å². The van der Waals surface area contributed by atoms with Crippen molar-refractivity contribution in [3.8, 4) is 0 Å². The zero-order valence-electron chi connectivity index (χ0n) is 11.5. The van der Waals surface area contributed by atoms with Gasteiger partial charge in [-0.1, -0.05) is 0 Å². The molecule has 0 spiro atoms. The molecule has 0 amide bonds. The number of nitrogens with zero attached hydrogens (tertiary/aromatic N) is 3. The highest BCUT2D eigenvalue weighted by molar-refractivity contribution is 5.49. The Morgan fingerprint density at radius 2 is 1.90 bits per heavy atom. The van der Waals surface area contributed by atoms with Crippen LogP contribution in [0.2, 0.25) is 0 Å². The van der Waals surface area contributed by atoms with Gasteiger partial charge >= 0.3 is 6.18 Å². The van der Waals surface area contributed by atoms with Gasteiger partial charge in [-0.2, -0.15) is 18.3 Å². The van der Waals surface area contributed by atoms with Gasteiger partial charge in [0.15, 0.2) is 0 Å². The number of hydrogen-bond acceptors (Lipinski definition) is 4. The van der Waals surface area contributed by atoms with E-state index in [1.165, 1.54) is 0 Å². The van der Waals surface area contributed by atoms with E-state index >= 15 is 0 Å². The van der Waals surface area contributed by atoms with Crippen molar-refractivity contribution < 1.29 is 13.2 Å². The molecular weight excluding hydrogens is 283 g/mol. The first kappa shape index (κ1) is 15.1. The molecular formula is C13H16F3N5. The number of alkyl halides is 3. The third kappa shape index (κ3) is 4.37. The molecule has 0 fully saturated rings. The van der Waals surface area contributed by atoms with Crippen LogP contribution in [0.5, 0.6) is 0 Å². The molecule has 0 bridgehead atoms. The van der Waals surface area contributed by atoms with Crippen LogP contribution in [0.4, 0.5) is 24.8 Å². The molecule has 2 N–H and O–H groups in total. The quantitative estimate of drug-likeness (QED) is 0.861. The summed E-state index contributed by atoms with van der Waals surface area (Å²) in [6.07, 6.45) is -0.970. The van der Waals surface area contributed by atoms with Gasteiger partial charge < -0.3 is 10.6 Å². The van der Waals surface area contributed by atoms with Crippen molar-refractivity contribution in [2.45, 2.75) is 19.6 Å². The minimum Gasteiger partial charge on any atom is -0.370 e. The molecule has 0 saturated carbocycles. The second-order valence-electron chi connectivity index (χ2n) is 4.35. The predicted molar refractivity (Wildman–Crippen MR) is 74.1 cm³/mol. The highest BCUT2D eigenvalue weighted by atomic mass is 19.4. The third-order valence-electron chi connectivity index (χ3n) is 2.72. The largest absolute Gasteiger partial charge is 0.416 e. The van der Waals surface area contributed by atoms with E-state index in [0.717, 1.165) is 12.1 Å². The van der Waals surface area contributed by atoms with Crippen molar-refractivity contribution in [2.24, 2.45) is 0 Å². The molecule has 0 aromatic carbocycles. The average molecular weight is 299 g/mol. The summed E-state index contributed by atoms with van der Waals surface area (Å²) in [7, 11) is 0. The summed E-state index contributed by atoms with van der Waals surface area (Å²) in [5.74, 6) is 0.391. The molecule has 114 valence electrons. The zero-order chi connectivity index (χ0) is 15.3. The summed E-state index contributed by atoms with van der Waals surface area (Å²) in [4.78, 5) is 4.10. The Morgan fingerprint density at radius 1 is 1.19 bits per heavy atom. The van der Waals surface area contributed by atoms with Crippen molar-refractivity contribution >= 4 is 11.6 Å². The molecule has 0 atom stereocenters. The summed E-state index contributed by atoms with van der Waals surface area (Å²) >= 11 is 0.